The first-order valence-corrected chi connectivity index (χ1v) is 10.5. The van der Waals surface area contributed by atoms with E-state index in [1.54, 1.807) is 6.20 Å². The number of nitrogens with one attached hydrogen (secondary N) is 1. The molecule has 1 N–H and O–H groups in total. The number of ether oxygens (including phenoxy) is 2. The van der Waals surface area contributed by atoms with Gasteiger partial charge in [-0.25, -0.2) is 0 Å². The first kappa shape index (κ1) is 19.7. The van der Waals surface area contributed by atoms with Crippen LogP contribution in [0.4, 0.5) is 5.69 Å². The number of hydrogen-bond acceptors (Lipinski definition) is 5. The fourth-order valence-electron chi connectivity index (χ4n) is 4.11. The largest absolute Gasteiger partial charge is 0.489 e. The lowest BCUT2D eigenvalue weighted by Gasteiger charge is -2.32. The average Bonchev–Trinajstić information content (AvgIpc) is 2.77. The first-order chi connectivity index (χ1) is 14.2. The molecule has 1 aromatic carbocycles. The lowest BCUT2D eigenvalue weighted by molar-refractivity contribution is 0.0892. The Balaban J connectivity index is 1.33. The van der Waals surface area contributed by atoms with Crippen LogP contribution in [0, 0.1) is 6.92 Å². The summed E-state index contributed by atoms with van der Waals surface area (Å²) >= 11 is 0. The number of benzene rings is 1. The monoisotopic (exact) mass is 395 g/mol. The number of hydrogen-bond donors (Lipinski definition) is 1. The average molecular weight is 396 g/mol. The van der Waals surface area contributed by atoms with E-state index in [-0.39, 0.29) is 18.1 Å². The van der Waals surface area contributed by atoms with Crippen LogP contribution in [-0.2, 0) is 4.74 Å². The molecular formula is C23H29N3O3. The molecule has 2 heterocycles. The molecule has 2 aromatic rings. The molecule has 1 aliphatic carbocycles. The summed E-state index contributed by atoms with van der Waals surface area (Å²) in [6, 6.07) is 11.9. The van der Waals surface area contributed by atoms with Gasteiger partial charge in [-0.05, 0) is 56.9 Å². The van der Waals surface area contributed by atoms with Crippen molar-refractivity contribution in [1.82, 2.24) is 10.3 Å². The number of amides is 1. The van der Waals surface area contributed by atoms with E-state index >= 15 is 0 Å². The predicted octanol–water partition coefficient (Wildman–Crippen LogP) is 3.35. The minimum Gasteiger partial charge on any atom is -0.489 e. The van der Waals surface area contributed by atoms with Gasteiger partial charge in [0.1, 0.15) is 5.75 Å². The third-order valence-electron chi connectivity index (χ3n) is 5.76. The zero-order valence-electron chi connectivity index (χ0n) is 17.0. The second-order valence-electron chi connectivity index (χ2n) is 7.77. The number of carbonyl (C=O) groups is 1. The Labute approximate surface area is 172 Å². The van der Waals surface area contributed by atoms with Gasteiger partial charge in [-0.2, -0.15) is 0 Å². The molecule has 0 unspecified atom stereocenters. The molecule has 1 amide bonds. The molecule has 1 saturated carbocycles. The second-order valence-corrected chi connectivity index (χ2v) is 7.77. The Bertz CT molecular complexity index is 828. The zero-order chi connectivity index (χ0) is 20.1. The summed E-state index contributed by atoms with van der Waals surface area (Å²) in [5.74, 6) is 0.874. The summed E-state index contributed by atoms with van der Waals surface area (Å²) in [7, 11) is 0. The molecule has 154 valence electrons. The highest BCUT2D eigenvalue weighted by Gasteiger charge is 2.26. The van der Waals surface area contributed by atoms with Gasteiger partial charge in [-0.15, -0.1) is 0 Å². The fraction of sp³-hybridized carbons (Fsp3) is 0.478. The van der Waals surface area contributed by atoms with Gasteiger partial charge >= 0.3 is 0 Å². The number of para-hydroxylation sites is 1. The van der Waals surface area contributed by atoms with Crippen molar-refractivity contribution in [3.63, 3.8) is 0 Å². The molecule has 2 aliphatic rings. The van der Waals surface area contributed by atoms with Gasteiger partial charge in [0.25, 0.3) is 5.91 Å². The van der Waals surface area contributed by atoms with E-state index < -0.39 is 0 Å². The van der Waals surface area contributed by atoms with E-state index in [4.69, 9.17) is 9.47 Å². The SMILES string of the molecule is Cc1ncccc1OC1CCC(NC(=O)c2ccccc2N2CCOCC2)CC1. The van der Waals surface area contributed by atoms with Crippen molar-refractivity contribution in [1.29, 1.82) is 0 Å². The maximum absolute atomic E-state index is 13.0. The molecule has 0 atom stereocenters. The third-order valence-corrected chi connectivity index (χ3v) is 5.76. The van der Waals surface area contributed by atoms with Gasteiger partial charge in [-0.3, -0.25) is 9.78 Å². The number of aromatic nitrogens is 1. The second kappa shape index (κ2) is 9.27. The van der Waals surface area contributed by atoms with E-state index in [2.05, 4.69) is 15.2 Å². The highest BCUT2D eigenvalue weighted by Crippen LogP contribution is 2.26. The van der Waals surface area contributed by atoms with Gasteiger partial charge in [0.15, 0.2) is 0 Å². The summed E-state index contributed by atoms with van der Waals surface area (Å²) in [4.78, 5) is 19.5. The summed E-state index contributed by atoms with van der Waals surface area (Å²) < 4.78 is 11.6. The molecule has 0 spiro atoms. The third kappa shape index (κ3) is 4.88. The molecule has 1 aliphatic heterocycles. The smallest absolute Gasteiger partial charge is 0.253 e. The highest BCUT2D eigenvalue weighted by atomic mass is 16.5. The topological polar surface area (TPSA) is 63.7 Å². The van der Waals surface area contributed by atoms with Crippen LogP contribution in [0.3, 0.4) is 0 Å². The van der Waals surface area contributed by atoms with Crippen molar-refractivity contribution in [2.24, 2.45) is 0 Å². The van der Waals surface area contributed by atoms with E-state index in [1.165, 1.54) is 0 Å². The van der Waals surface area contributed by atoms with Crippen molar-refractivity contribution in [3.05, 3.63) is 53.9 Å². The fourth-order valence-corrected chi connectivity index (χ4v) is 4.11. The molecule has 1 saturated heterocycles. The van der Waals surface area contributed by atoms with E-state index in [1.807, 2.05) is 43.3 Å². The summed E-state index contributed by atoms with van der Waals surface area (Å²) in [5, 5.41) is 3.25. The number of carbonyl (C=O) groups excluding carboxylic acids is 1. The quantitative estimate of drug-likeness (QED) is 0.841. The number of anilines is 1. The number of rotatable bonds is 5. The van der Waals surface area contributed by atoms with Crippen LogP contribution in [0.5, 0.6) is 5.75 Å². The molecular weight excluding hydrogens is 366 g/mol. The number of morpholine rings is 1. The maximum Gasteiger partial charge on any atom is 0.253 e. The van der Waals surface area contributed by atoms with Crippen LogP contribution in [0.2, 0.25) is 0 Å². The van der Waals surface area contributed by atoms with Crippen molar-refractivity contribution in [2.75, 3.05) is 31.2 Å². The normalized spacial score (nSPS) is 22.2. The van der Waals surface area contributed by atoms with Crippen LogP contribution in [-0.4, -0.2) is 49.3 Å². The zero-order valence-corrected chi connectivity index (χ0v) is 17.0. The standard InChI is InChI=1S/C23H29N3O3/c1-17-22(7-4-12-24-17)29-19-10-8-18(9-11-19)25-23(27)20-5-2-3-6-21(20)26-13-15-28-16-14-26/h2-7,12,18-19H,8-11,13-16H2,1H3,(H,25,27). The number of pyridine rings is 1. The molecule has 0 bridgehead atoms. The summed E-state index contributed by atoms with van der Waals surface area (Å²) in [6.45, 7) is 5.01. The Morgan fingerprint density at radius 2 is 1.86 bits per heavy atom. The van der Waals surface area contributed by atoms with Crippen LogP contribution in [0.25, 0.3) is 0 Å². The summed E-state index contributed by atoms with van der Waals surface area (Å²) in [5.41, 5.74) is 2.67. The van der Waals surface area contributed by atoms with E-state index in [9.17, 15) is 4.79 Å². The maximum atomic E-state index is 13.0. The van der Waals surface area contributed by atoms with Crippen molar-refractivity contribution < 1.29 is 14.3 Å². The van der Waals surface area contributed by atoms with E-state index in [0.29, 0.717) is 13.2 Å². The van der Waals surface area contributed by atoms with Gasteiger partial charge in [0, 0.05) is 31.0 Å². The van der Waals surface area contributed by atoms with Gasteiger partial charge < -0.3 is 19.7 Å². The molecule has 0 radical (unpaired) electrons. The minimum absolute atomic E-state index is 0.0135. The molecule has 1 aromatic heterocycles. The van der Waals surface area contributed by atoms with Crippen molar-refractivity contribution in [2.45, 2.75) is 44.8 Å². The molecule has 4 rings (SSSR count). The molecule has 6 heteroatoms. The Morgan fingerprint density at radius 1 is 1.10 bits per heavy atom. The predicted molar refractivity (Wildman–Crippen MR) is 113 cm³/mol. The Kier molecular flexibility index (Phi) is 6.30. The molecule has 29 heavy (non-hydrogen) atoms. The van der Waals surface area contributed by atoms with Crippen LogP contribution in [0.15, 0.2) is 42.6 Å². The first-order valence-electron chi connectivity index (χ1n) is 10.5. The lowest BCUT2D eigenvalue weighted by Crippen LogP contribution is -2.41. The number of aryl methyl sites for hydroxylation is 1. The van der Waals surface area contributed by atoms with Crippen molar-refractivity contribution in [3.8, 4) is 5.75 Å². The molecule has 2 fully saturated rings. The van der Waals surface area contributed by atoms with Gasteiger partial charge in [0.05, 0.1) is 30.6 Å². The van der Waals surface area contributed by atoms with Crippen LogP contribution < -0.4 is 15.0 Å². The minimum atomic E-state index is 0.0135. The van der Waals surface area contributed by atoms with Crippen molar-refractivity contribution >= 4 is 11.6 Å². The van der Waals surface area contributed by atoms with Crippen LogP contribution in [0.1, 0.15) is 41.7 Å². The number of nitrogens with zero attached hydrogens (tertiary/aromatic N) is 2. The highest BCUT2D eigenvalue weighted by molar-refractivity contribution is 6.00. The lowest BCUT2D eigenvalue weighted by atomic mass is 9.92. The van der Waals surface area contributed by atoms with E-state index in [0.717, 1.165) is 61.5 Å². The van der Waals surface area contributed by atoms with Gasteiger partial charge in [-0.1, -0.05) is 12.1 Å². The van der Waals surface area contributed by atoms with Crippen LogP contribution >= 0.6 is 0 Å². The molecule has 6 nitrogen and oxygen atoms in total. The Hall–Kier alpha value is -2.60. The van der Waals surface area contributed by atoms with Gasteiger partial charge in [0.2, 0.25) is 0 Å². The summed E-state index contributed by atoms with van der Waals surface area (Å²) in [6.07, 6.45) is 5.69. The Morgan fingerprint density at radius 3 is 2.62 bits per heavy atom.